The van der Waals surface area contributed by atoms with Crippen LogP contribution in [0.4, 0.5) is 0 Å². The second kappa shape index (κ2) is 11.7. The van der Waals surface area contributed by atoms with Gasteiger partial charge >= 0.3 is 167 Å². The molecule has 3 nitrogen and oxygen atoms in total. The van der Waals surface area contributed by atoms with Crippen LogP contribution < -0.4 is 5.32 Å². The molecular formula is C22H43NO2Sn. The Labute approximate surface area is 166 Å². The van der Waals surface area contributed by atoms with Crippen LogP contribution in [0.3, 0.4) is 0 Å². The van der Waals surface area contributed by atoms with E-state index in [4.69, 9.17) is 4.74 Å². The molecule has 0 aliphatic carbocycles. The van der Waals surface area contributed by atoms with Gasteiger partial charge in [-0.05, 0) is 0 Å². The SMILES string of the molecule is CCC[CH2][Sn]([CH2]CCC)([CH2]CCC)[C]1=CCNC(C(=O)OC(C)(C)C)C1. The number of carbonyl (C=O) groups is 1. The quantitative estimate of drug-likeness (QED) is 0.296. The average Bonchev–Trinajstić information content (AvgIpc) is 2.60. The predicted molar refractivity (Wildman–Crippen MR) is 115 cm³/mol. The van der Waals surface area contributed by atoms with Crippen molar-refractivity contribution in [3.05, 3.63) is 9.67 Å². The van der Waals surface area contributed by atoms with Crippen molar-refractivity contribution < 1.29 is 9.53 Å². The van der Waals surface area contributed by atoms with Crippen molar-refractivity contribution in [2.45, 2.75) is 111 Å². The molecule has 152 valence electrons. The summed E-state index contributed by atoms with van der Waals surface area (Å²) in [5.74, 6) is -0.0650. The van der Waals surface area contributed by atoms with Gasteiger partial charge in [0, 0.05) is 0 Å². The molecule has 1 rings (SSSR count). The van der Waals surface area contributed by atoms with Gasteiger partial charge in [0.25, 0.3) is 0 Å². The van der Waals surface area contributed by atoms with E-state index in [2.05, 4.69) is 32.2 Å². The molecule has 0 spiro atoms. The first-order valence-electron chi connectivity index (χ1n) is 10.9. The summed E-state index contributed by atoms with van der Waals surface area (Å²) < 4.78 is 11.8. The van der Waals surface area contributed by atoms with Gasteiger partial charge in [0.2, 0.25) is 0 Å². The van der Waals surface area contributed by atoms with E-state index in [1.165, 1.54) is 51.8 Å². The molecule has 0 amide bonds. The summed E-state index contributed by atoms with van der Waals surface area (Å²) in [6.07, 6.45) is 11.3. The summed E-state index contributed by atoms with van der Waals surface area (Å²) in [4.78, 5) is 12.6. The molecule has 1 N–H and O–H groups in total. The molecule has 0 aromatic carbocycles. The summed E-state index contributed by atoms with van der Waals surface area (Å²) in [5, 5.41) is 3.39. The van der Waals surface area contributed by atoms with Crippen molar-refractivity contribution in [2.24, 2.45) is 0 Å². The Morgan fingerprint density at radius 1 is 1.08 bits per heavy atom. The summed E-state index contributed by atoms with van der Waals surface area (Å²) in [7, 11) is 0. The van der Waals surface area contributed by atoms with Crippen molar-refractivity contribution in [1.82, 2.24) is 5.32 Å². The first-order valence-corrected chi connectivity index (χ1v) is 18.4. The van der Waals surface area contributed by atoms with Gasteiger partial charge in [-0.2, -0.15) is 0 Å². The first-order chi connectivity index (χ1) is 12.3. The monoisotopic (exact) mass is 473 g/mol. The van der Waals surface area contributed by atoms with Crippen LogP contribution >= 0.6 is 0 Å². The van der Waals surface area contributed by atoms with Crippen molar-refractivity contribution in [3.63, 3.8) is 0 Å². The average molecular weight is 472 g/mol. The number of hydrogen-bond donors (Lipinski definition) is 1. The third-order valence-corrected chi connectivity index (χ3v) is 21.8. The number of carbonyl (C=O) groups excluding carboxylic acids is 1. The number of rotatable bonds is 11. The molecule has 0 aromatic heterocycles. The van der Waals surface area contributed by atoms with Gasteiger partial charge in [-0.25, -0.2) is 0 Å². The van der Waals surface area contributed by atoms with Crippen LogP contribution in [0.1, 0.15) is 86.5 Å². The summed E-state index contributed by atoms with van der Waals surface area (Å²) in [6.45, 7) is 13.7. The van der Waals surface area contributed by atoms with Crippen LogP contribution in [0.15, 0.2) is 9.67 Å². The number of esters is 1. The molecular weight excluding hydrogens is 429 g/mol. The zero-order valence-corrected chi connectivity index (χ0v) is 21.1. The van der Waals surface area contributed by atoms with E-state index in [-0.39, 0.29) is 12.0 Å². The fourth-order valence-corrected chi connectivity index (χ4v) is 21.1. The molecule has 1 heterocycles. The molecule has 26 heavy (non-hydrogen) atoms. The van der Waals surface area contributed by atoms with Crippen molar-refractivity contribution in [2.75, 3.05) is 6.54 Å². The van der Waals surface area contributed by atoms with Crippen LogP contribution in [0.2, 0.25) is 13.3 Å². The van der Waals surface area contributed by atoms with Gasteiger partial charge < -0.3 is 0 Å². The Hall–Kier alpha value is -0.0313. The standard InChI is InChI=1S/C10H16NO2.3C4H9.Sn/c1-10(2,3)13-9(12)8-6-4-5-7-11-8;3*1-3-4-2;/h5,8,11H,6-7H2,1-3H3;3*1,3-4H2,2H3;. The predicted octanol–water partition coefficient (Wildman–Crippen LogP) is 6.00. The first kappa shape index (κ1) is 24.0. The fraction of sp³-hybridized carbons (Fsp3) is 0.864. The second-order valence-electron chi connectivity index (χ2n) is 9.02. The minimum atomic E-state index is -2.40. The van der Waals surface area contributed by atoms with E-state index in [1.807, 2.05) is 20.8 Å². The van der Waals surface area contributed by atoms with Gasteiger partial charge in [0.1, 0.15) is 0 Å². The maximum absolute atomic E-state index is 12.6. The molecule has 0 radical (unpaired) electrons. The number of unbranched alkanes of at least 4 members (excludes halogenated alkanes) is 3. The molecule has 4 heteroatoms. The summed E-state index contributed by atoms with van der Waals surface area (Å²) in [6, 6.07) is -0.143. The molecule has 0 saturated heterocycles. The number of nitrogens with one attached hydrogen (secondary N) is 1. The molecule has 0 bridgehead atoms. The van der Waals surface area contributed by atoms with Crippen LogP contribution in [-0.2, 0) is 9.53 Å². The molecule has 1 unspecified atom stereocenters. The minimum absolute atomic E-state index is 0.0650. The van der Waals surface area contributed by atoms with Crippen LogP contribution in [0.25, 0.3) is 0 Å². The normalized spacial score (nSPS) is 18.5. The topological polar surface area (TPSA) is 38.3 Å². The number of ether oxygens (including phenoxy) is 1. The Kier molecular flexibility index (Phi) is 10.8. The van der Waals surface area contributed by atoms with Gasteiger partial charge in [-0.1, -0.05) is 0 Å². The van der Waals surface area contributed by atoms with Gasteiger partial charge in [-0.3, -0.25) is 0 Å². The van der Waals surface area contributed by atoms with Crippen molar-refractivity contribution >= 4 is 24.3 Å². The number of hydrogen-bond acceptors (Lipinski definition) is 3. The molecule has 1 atom stereocenters. The van der Waals surface area contributed by atoms with E-state index < -0.39 is 24.0 Å². The zero-order valence-electron chi connectivity index (χ0n) is 18.2. The molecule has 1 aliphatic heterocycles. The van der Waals surface area contributed by atoms with Crippen LogP contribution in [0, 0.1) is 0 Å². The summed E-state index contributed by atoms with van der Waals surface area (Å²) in [5.41, 5.74) is -0.410. The van der Waals surface area contributed by atoms with Crippen molar-refractivity contribution in [3.8, 4) is 0 Å². The van der Waals surface area contributed by atoms with Gasteiger partial charge in [0.15, 0.2) is 0 Å². The molecule has 0 fully saturated rings. The molecule has 1 aliphatic rings. The van der Waals surface area contributed by atoms with Crippen LogP contribution in [0.5, 0.6) is 0 Å². The van der Waals surface area contributed by atoms with Gasteiger partial charge in [0.05, 0.1) is 0 Å². The van der Waals surface area contributed by atoms with Crippen molar-refractivity contribution in [1.29, 1.82) is 0 Å². The van der Waals surface area contributed by atoms with E-state index >= 15 is 0 Å². The third-order valence-electron chi connectivity index (χ3n) is 5.54. The summed E-state index contributed by atoms with van der Waals surface area (Å²) >= 11 is -2.40. The van der Waals surface area contributed by atoms with E-state index in [1.54, 1.807) is 3.59 Å². The zero-order chi connectivity index (χ0) is 19.6. The Morgan fingerprint density at radius 2 is 1.58 bits per heavy atom. The molecule has 0 saturated carbocycles. The van der Waals surface area contributed by atoms with Gasteiger partial charge in [-0.15, -0.1) is 0 Å². The third kappa shape index (κ3) is 7.92. The molecule has 0 aromatic rings. The van der Waals surface area contributed by atoms with Crippen LogP contribution in [-0.4, -0.2) is 42.5 Å². The Morgan fingerprint density at radius 3 is 2.00 bits per heavy atom. The van der Waals surface area contributed by atoms with E-state index in [0.29, 0.717) is 0 Å². The van der Waals surface area contributed by atoms with E-state index in [0.717, 1.165) is 13.0 Å². The maximum atomic E-state index is 12.6. The Balaban J connectivity index is 2.98. The Bertz CT molecular complexity index is 432. The van der Waals surface area contributed by atoms with E-state index in [9.17, 15) is 4.79 Å². The second-order valence-corrected chi connectivity index (χ2v) is 22.4. The fourth-order valence-electron chi connectivity index (χ4n) is 4.07.